The number of nitro benzene ring substituents is 1. The molecule has 0 bridgehead atoms. The molecule has 1 unspecified atom stereocenters. The fraction of sp³-hybridized carbons (Fsp3) is 0.200. The van der Waals surface area contributed by atoms with E-state index in [9.17, 15) is 14.5 Å². The predicted octanol–water partition coefficient (Wildman–Crippen LogP) is 3.50. The van der Waals surface area contributed by atoms with Crippen LogP contribution in [0.4, 0.5) is 10.1 Å². The first-order chi connectivity index (χ1) is 9.97. The summed E-state index contributed by atoms with van der Waals surface area (Å²) in [7, 11) is 0. The fourth-order valence-electron chi connectivity index (χ4n) is 2.20. The molecule has 0 aliphatic rings. The van der Waals surface area contributed by atoms with Gasteiger partial charge in [-0.2, -0.15) is 0 Å². The van der Waals surface area contributed by atoms with E-state index in [1.54, 1.807) is 6.07 Å². The van der Waals surface area contributed by atoms with Gasteiger partial charge in [0.05, 0.1) is 4.92 Å². The first-order valence-electron chi connectivity index (χ1n) is 6.39. The van der Waals surface area contributed by atoms with E-state index >= 15 is 0 Å². The van der Waals surface area contributed by atoms with E-state index in [0.29, 0.717) is 17.0 Å². The summed E-state index contributed by atoms with van der Waals surface area (Å²) in [6.07, 6.45) is 0.673. The van der Waals surface area contributed by atoms with Crippen LogP contribution in [0.5, 0.6) is 0 Å². The molecular weight excluding hydrogens is 295 g/mol. The van der Waals surface area contributed by atoms with Crippen LogP contribution in [0, 0.1) is 15.9 Å². The summed E-state index contributed by atoms with van der Waals surface area (Å²) in [6.45, 7) is 0. The van der Waals surface area contributed by atoms with Gasteiger partial charge in [0.25, 0.3) is 5.69 Å². The molecule has 2 N–H and O–H groups in total. The van der Waals surface area contributed by atoms with Crippen LogP contribution in [-0.2, 0) is 12.8 Å². The third-order valence-corrected chi connectivity index (χ3v) is 3.53. The van der Waals surface area contributed by atoms with Crippen LogP contribution in [0.15, 0.2) is 42.5 Å². The van der Waals surface area contributed by atoms with Crippen molar-refractivity contribution in [1.82, 2.24) is 0 Å². The topological polar surface area (TPSA) is 69.2 Å². The molecule has 0 fully saturated rings. The van der Waals surface area contributed by atoms with Crippen molar-refractivity contribution in [2.75, 3.05) is 0 Å². The SMILES string of the molecule is NC(Cc1ccccc1Cl)Cc1cc(F)ccc1[N+](=O)[O-]. The van der Waals surface area contributed by atoms with E-state index in [1.165, 1.54) is 0 Å². The molecule has 0 saturated heterocycles. The van der Waals surface area contributed by atoms with Crippen molar-refractivity contribution in [2.45, 2.75) is 18.9 Å². The molecule has 4 nitrogen and oxygen atoms in total. The number of benzene rings is 2. The summed E-state index contributed by atoms with van der Waals surface area (Å²) in [4.78, 5) is 10.4. The minimum atomic E-state index is -0.531. The van der Waals surface area contributed by atoms with E-state index in [4.69, 9.17) is 17.3 Å². The molecule has 0 spiro atoms. The van der Waals surface area contributed by atoms with Gasteiger partial charge in [-0.15, -0.1) is 0 Å². The summed E-state index contributed by atoms with van der Waals surface area (Å²) in [5.74, 6) is -0.513. The summed E-state index contributed by atoms with van der Waals surface area (Å²) < 4.78 is 13.3. The number of nitrogens with zero attached hydrogens (tertiary/aromatic N) is 1. The first-order valence-corrected chi connectivity index (χ1v) is 6.77. The lowest BCUT2D eigenvalue weighted by molar-refractivity contribution is -0.385. The molecule has 0 aliphatic heterocycles. The Morgan fingerprint density at radius 2 is 1.86 bits per heavy atom. The van der Waals surface area contributed by atoms with Gasteiger partial charge in [-0.3, -0.25) is 10.1 Å². The molecule has 21 heavy (non-hydrogen) atoms. The van der Waals surface area contributed by atoms with E-state index in [1.807, 2.05) is 18.2 Å². The average Bonchev–Trinajstić information content (AvgIpc) is 2.41. The molecule has 6 heteroatoms. The van der Waals surface area contributed by atoms with E-state index in [0.717, 1.165) is 23.8 Å². The normalized spacial score (nSPS) is 12.1. The van der Waals surface area contributed by atoms with Gasteiger partial charge < -0.3 is 5.73 Å². The quantitative estimate of drug-likeness (QED) is 0.679. The summed E-state index contributed by atoms with van der Waals surface area (Å²) >= 11 is 6.05. The Morgan fingerprint density at radius 3 is 2.52 bits per heavy atom. The van der Waals surface area contributed by atoms with Crippen molar-refractivity contribution in [3.63, 3.8) is 0 Å². The van der Waals surface area contributed by atoms with E-state index in [2.05, 4.69) is 0 Å². The Kier molecular flexibility index (Phi) is 4.88. The molecule has 0 aliphatic carbocycles. The van der Waals surface area contributed by atoms with Crippen LogP contribution < -0.4 is 5.73 Å². The third-order valence-electron chi connectivity index (χ3n) is 3.16. The van der Waals surface area contributed by atoms with Crippen molar-refractivity contribution in [2.24, 2.45) is 5.73 Å². The smallest absolute Gasteiger partial charge is 0.272 e. The second-order valence-electron chi connectivity index (χ2n) is 4.79. The van der Waals surface area contributed by atoms with Gasteiger partial charge in [0.1, 0.15) is 5.82 Å². The number of rotatable bonds is 5. The van der Waals surface area contributed by atoms with Crippen LogP contribution >= 0.6 is 11.6 Å². The molecule has 0 saturated carbocycles. The molecule has 1 atom stereocenters. The first kappa shape index (κ1) is 15.4. The van der Waals surface area contributed by atoms with Crippen LogP contribution in [0.3, 0.4) is 0 Å². The number of hydrogen-bond donors (Lipinski definition) is 1. The Morgan fingerprint density at radius 1 is 1.19 bits per heavy atom. The Balaban J connectivity index is 2.16. The number of hydrogen-bond acceptors (Lipinski definition) is 3. The maximum absolute atomic E-state index is 13.3. The molecule has 2 aromatic carbocycles. The van der Waals surface area contributed by atoms with Crippen LogP contribution in [0.2, 0.25) is 5.02 Å². The fourth-order valence-corrected chi connectivity index (χ4v) is 2.41. The Hall–Kier alpha value is -1.98. The zero-order valence-corrected chi connectivity index (χ0v) is 11.9. The highest BCUT2D eigenvalue weighted by Gasteiger charge is 2.17. The van der Waals surface area contributed by atoms with E-state index in [-0.39, 0.29) is 18.2 Å². The highest BCUT2D eigenvalue weighted by atomic mass is 35.5. The van der Waals surface area contributed by atoms with Gasteiger partial charge in [-0.05, 0) is 36.6 Å². The molecule has 0 aromatic heterocycles. The van der Waals surface area contributed by atoms with Crippen molar-refractivity contribution in [3.05, 3.63) is 74.5 Å². The van der Waals surface area contributed by atoms with Crippen molar-refractivity contribution in [3.8, 4) is 0 Å². The van der Waals surface area contributed by atoms with Crippen LogP contribution in [0.25, 0.3) is 0 Å². The van der Waals surface area contributed by atoms with Gasteiger partial charge in [0, 0.05) is 22.7 Å². The lowest BCUT2D eigenvalue weighted by Crippen LogP contribution is -2.26. The van der Waals surface area contributed by atoms with Crippen molar-refractivity contribution >= 4 is 17.3 Å². The lowest BCUT2D eigenvalue weighted by atomic mass is 9.98. The van der Waals surface area contributed by atoms with Gasteiger partial charge >= 0.3 is 0 Å². The largest absolute Gasteiger partial charge is 0.327 e. The summed E-state index contributed by atoms with van der Waals surface area (Å²) in [5, 5.41) is 11.5. The molecule has 2 rings (SSSR count). The Bertz CT molecular complexity index is 664. The second-order valence-corrected chi connectivity index (χ2v) is 5.20. The molecule has 0 radical (unpaired) electrons. The van der Waals surface area contributed by atoms with Gasteiger partial charge in [-0.1, -0.05) is 29.8 Å². The second kappa shape index (κ2) is 6.65. The van der Waals surface area contributed by atoms with Crippen LogP contribution in [0.1, 0.15) is 11.1 Å². The average molecular weight is 309 g/mol. The maximum atomic E-state index is 13.3. The zero-order valence-electron chi connectivity index (χ0n) is 11.1. The minimum Gasteiger partial charge on any atom is -0.327 e. The highest BCUT2D eigenvalue weighted by Crippen LogP contribution is 2.23. The molecule has 2 aromatic rings. The Labute approximate surface area is 126 Å². The zero-order chi connectivity index (χ0) is 15.4. The number of halogens is 2. The summed E-state index contributed by atoms with van der Waals surface area (Å²) in [5.41, 5.74) is 7.06. The molecular formula is C15H14ClFN2O2. The van der Waals surface area contributed by atoms with Crippen molar-refractivity contribution < 1.29 is 9.31 Å². The molecule has 110 valence electrons. The standard InChI is InChI=1S/C15H14ClFN2O2/c16-14-4-2-1-3-10(14)8-13(18)9-11-7-12(17)5-6-15(11)19(20)21/h1-7,13H,8-9,18H2. The van der Waals surface area contributed by atoms with E-state index < -0.39 is 10.7 Å². The third kappa shape index (κ3) is 4.00. The predicted molar refractivity (Wildman–Crippen MR) is 79.9 cm³/mol. The highest BCUT2D eigenvalue weighted by molar-refractivity contribution is 6.31. The van der Waals surface area contributed by atoms with Crippen LogP contribution in [-0.4, -0.2) is 11.0 Å². The van der Waals surface area contributed by atoms with Gasteiger partial charge in [0.15, 0.2) is 0 Å². The maximum Gasteiger partial charge on any atom is 0.272 e. The monoisotopic (exact) mass is 308 g/mol. The number of nitro groups is 1. The number of nitrogens with two attached hydrogens (primary N) is 1. The molecule has 0 amide bonds. The minimum absolute atomic E-state index is 0.119. The summed E-state index contributed by atoms with van der Waals surface area (Å²) in [6, 6.07) is 10.3. The van der Waals surface area contributed by atoms with Gasteiger partial charge in [-0.25, -0.2) is 4.39 Å². The van der Waals surface area contributed by atoms with Gasteiger partial charge in [0.2, 0.25) is 0 Å². The lowest BCUT2D eigenvalue weighted by Gasteiger charge is -2.13. The van der Waals surface area contributed by atoms with Crippen molar-refractivity contribution in [1.29, 1.82) is 0 Å². The molecule has 0 heterocycles.